The van der Waals surface area contributed by atoms with Gasteiger partial charge in [0.1, 0.15) is 17.9 Å². The summed E-state index contributed by atoms with van der Waals surface area (Å²) in [6, 6.07) is 6.95. The highest BCUT2D eigenvalue weighted by Gasteiger charge is 2.33. The molecule has 1 N–H and O–H groups in total. The molecule has 0 radical (unpaired) electrons. The Bertz CT molecular complexity index is 568. The summed E-state index contributed by atoms with van der Waals surface area (Å²) in [6.07, 6.45) is 2.14. The van der Waals surface area contributed by atoms with Crippen LogP contribution >= 0.6 is 15.9 Å². The van der Waals surface area contributed by atoms with Crippen LogP contribution in [0, 0.1) is 21.4 Å². The SMILES string of the molecule is CC(C#N)(COc1cc(Br)cc([N+](=O)[O-])c1)NC1CC1. The molecule has 1 aromatic carbocycles. The second-order valence-corrected chi connectivity index (χ2v) is 5.97. The molecule has 1 saturated carbocycles. The number of hydrogen-bond acceptors (Lipinski definition) is 5. The standard InChI is InChI=1S/C13H14BrN3O3/c1-13(7-15,16-10-2-3-10)8-20-12-5-9(14)4-11(6-12)17(18)19/h4-6,10,16H,2-3,8H2,1H3. The van der Waals surface area contributed by atoms with Crippen molar-refractivity contribution in [3.63, 3.8) is 0 Å². The maximum absolute atomic E-state index is 10.8. The van der Waals surface area contributed by atoms with Gasteiger partial charge in [-0.25, -0.2) is 0 Å². The van der Waals surface area contributed by atoms with Crippen molar-refractivity contribution in [3.8, 4) is 11.8 Å². The zero-order chi connectivity index (χ0) is 14.8. The molecule has 0 amide bonds. The van der Waals surface area contributed by atoms with Gasteiger partial charge in [-0.1, -0.05) is 15.9 Å². The highest BCUT2D eigenvalue weighted by atomic mass is 79.9. The lowest BCUT2D eigenvalue weighted by molar-refractivity contribution is -0.385. The normalized spacial score (nSPS) is 17.1. The molecule has 0 spiro atoms. The van der Waals surface area contributed by atoms with Gasteiger partial charge in [-0.15, -0.1) is 0 Å². The molecule has 0 aliphatic heterocycles. The molecule has 2 rings (SSSR count). The Labute approximate surface area is 125 Å². The van der Waals surface area contributed by atoms with Crippen molar-refractivity contribution in [2.24, 2.45) is 0 Å². The number of benzene rings is 1. The van der Waals surface area contributed by atoms with Crippen molar-refractivity contribution >= 4 is 21.6 Å². The first kappa shape index (κ1) is 14.8. The number of non-ortho nitro benzene ring substituents is 1. The Kier molecular flexibility index (Phi) is 4.26. The van der Waals surface area contributed by atoms with Gasteiger partial charge in [0.25, 0.3) is 5.69 Å². The average Bonchev–Trinajstić information content (AvgIpc) is 3.19. The third kappa shape index (κ3) is 3.92. The smallest absolute Gasteiger partial charge is 0.274 e. The molecular weight excluding hydrogens is 326 g/mol. The summed E-state index contributed by atoms with van der Waals surface area (Å²) in [5, 5.41) is 23.2. The zero-order valence-corrected chi connectivity index (χ0v) is 12.5. The third-order valence-corrected chi connectivity index (χ3v) is 3.40. The number of rotatable bonds is 6. The summed E-state index contributed by atoms with van der Waals surface area (Å²) in [5.74, 6) is 0.366. The predicted octanol–water partition coefficient (Wildman–Crippen LogP) is 2.77. The summed E-state index contributed by atoms with van der Waals surface area (Å²) >= 11 is 3.20. The monoisotopic (exact) mass is 339 g/mol. The maximum atomic E-state index is 10.8. The van der Waals surface area contributed by atoms with Crippen LogP contribution in [0.15, 0.2) is 22.7 Å². The molecule has 106 valence electrons. The van der Waals surface area contributed by atoms with Crippen LogP contribution in [0.4, 0.5) is 5.69 Å². The molecule has 1 aliphatic carbocycles. The summed E-state index contributed by atoms with van der Waals surface area (Å²) in [6.45, 7) is 1.89. The molecule has 0 heterocycles. The van der Waals surface area contributed by atoms with Gasteiger partial charge < -0.3 is 4.74 Å². The highest BCUT2D eigenvalue weighted by molar-refractivity contribution is 9.10. The van der Waals surface area contributed by atoms with Gasteiger partial charge in [-0.3, -0.25) is 15.4 Å². The summed E-state index contributed by atoms with van der Waals surface area (Å²) in [4.78, 5) is 10.3. The fourth-order valence-electron chi connectivity index (χ4n) is 1.75. The number of nitro groups is 1. The van der Waals surface area contributed by atoms with Gasteiger partial charge in [-0.2, -0.15) is 5.26 Å². The molecule has 0 aromatic heterocycles. The van der Waals surface area contributed by atoms with E-state index >= 15 is 0 Å². The average molecular weight is 340 g/mol. The van der Waals surface area contributed by atoms with Crippen LogP contribution in [0.2, 0.25) is 0 Å². The molecule has 6 nitrogen and oxygen atoms in total. The number of nitro benzene ring substituents is 1. The van der Waals surface area contributed by atoms with Crippen molar-refractivity contribution < 1.29 is 9.66 Å². The van der Waals surface area contributed by atoms with Gasteiger partial charge in [0, 0.05) is 16.6 Å². The molecule has 1 fully saturated rings. The lowest BCUT2D eigenvalue weighted by atomic mass is 10.1. The minimum Gasteiger partial charge on any atom is -0.490 e. The van der Waals surface area contributed by atoms with Crippen molar-refractivity contribution in [1.82, 2.24) is 5.32 Å². The van der Waals surface area contributed by atoms with Crippen molar-refractivity contribution in [1.29, 1.82) is 5.26 Å². The van der Waals surface area contributed by atoms with E-state index in [9.17, 15) is 15.4 Å². The Morgan fingerprint density at radius 3 is 2.85 bits per heavy atom. The largest absolute Gasteiger partial charge is 0.490 e. The van der Waals surface area contributed by atoms with Gasteiger partial charge in [0.15, 0.2) is 0 Å². The Hall–Kier alpha value is -1.65. The predicted molar refractivity (Wildman–Crippen MR) is 76.5 cm³/mol. The molecule has 20 heavy (non-hydrogen) atoms. The van der Waals surface area contributed by atoms with Gasteiger partial charge in [0.05, 0.1) is 17.1 Å². The number of ether oxygens (including phenoxy) is 1. The van der Waals surface area contributed by atoms with Crippen LogP contribution in [-0.2, 0) is 0 Å². The Morgan fingerprint density at radius 1 is 1.60 bits per heavy atom. The quantitative estimate of drug-likeness (QED) is 0.635. The second kappa shape index (κ2) is 5.77. The van der Waals surface area contributed by atoms with E-state index in [0.717, 1.165) is 12.8 Å². The first-order valence-corrected chi connectivity index (χ1v) is 6.98. The first-order valence-electron chi connectivity index (χ1n) is 6.18. The molecule has 7 heteroatoms. The van der Waals surface area contributed by atoms with E-state index < -0.39 is 10.5 Å². The molecule has 0 saturated heterocycles. The third-order valence-electron chi connectivity index (χ3n) is 2.94. The first-order chi connectivity index (χ1) is 9.42. The fourth-order valence-corrected chi connectivity index (χ4v) is 2.21. The number of halogens is 1. The topological polar surface area (TPSA) is 88.2 Å². The molecule has 1 aromatic rings. The molecule has 1 aliphatic rings. The molecule has 1 unspecified atom stereocenters. The molecule has 0 bridgehead atoms. The van der Waals surface area contributed by atoms with Crippen molar-refractivity contribution in [2.75, 3.05) is 6.61 Å². The van der Waals surface area contributed by atoms with Crippen molar-refractivity contribution in [2.45, 2.75) is 31.3 Å². The van der Waals surface area contributed by atoms with Crippen LogP contribution in [0.3, 0.4) is 0 Å². The second-order valence-electron chi connectivity index (χ2n) is 5.05. The van der Waals surface area contributed by atoms with Gasteiger partial charge in [0.2, 0.25) is 0 Å². The van der Waals surface area contributed by atoms with E-state index in [1.807, 2.05) is 0 Å². The lowest BCUT2D eigenvalue weighted by Crippen LogP contribution is -2.47. The minimum absolute atomic E-state index is 0.0526. The number of nitrogens with one attached hydrogen (secondary N) is 1. The van der Waals surface area contributed by atoms with Gasteiger partial charge >= 0.3 is 0 Å². The van der Waals surface area contributed by atoms with E-state index in [1.165, 1.54) is 12.1 Å². The van der Waals surface area contributed by atoms with Crippen molar-refractivity contribution in [3.05, 3.63) is 32.8 Å². The highest BCUT2D eigenvalue weighted by Crippen LogP contribution is 2.27. The van der Waals surface area contributed by atoms with Crippen LogP contribution < -0.4 is 10.1 Å². The van der Waals surface area contributed by atoms with Gasteiger partial charge in [-0.05, 0) is 25.8 Å². The van der Waals surface area contributed by atoms with E-state index in [2.05, 4.69) is 27.3 Å². The number of nitriles is 1. The molecular formula is C13H14BrN3O3. The van der Waals surface area contributed by atoms with Crippen LogP contribution in [0.25, 0.3) is 0 Å². The zero-order valence-electron chi connectivity index (χ0n) is 10.9. The summed E-state index contributed by atoms with van der Waals surface area (Å²) < 4.78 is 6.11. The summed E-state index contributed by atoms with van der Waals surface area (Å²) in [5.41, 5.74) is -0.846. The fraction of sp³-hybridized carbons (Fsp3) is 0.462. The van der Waals surface area contributed by atoms with Crippen LogP contribution in [0.5, 0.6) is 5.75 Å². The van der Waals surface area contributed by atoms with E-state index in [0.29, 0.717) is 16.3 Å². The lowest BCUT2D eigenvalue weighted by Gasteiger charge is -2.23. The number of nitrogens with zero attached hydrogens (tertiary/aromatic N) is 2. The summed E-state index contributed by atoms with van der Waals surface area (Å²) in [7, 11) is 0. The van der Waals surface area contributed by atoms with E-state index in [4.69, 9.17) is 4.74 Å². The Morgan fingerprint density at radius 2 is 2.30 bits per heavy atom. The van der Waals surface area contributed by atoms with Crippen LogP contribution in [-0.4, -0.2) is 23.1 Å². The maximum Gasteiger partial charge on any atom is 0.274 e. The number of hydrogen-bond donors (Lipinski definition) is 1. The minimum atomic E-state index is -0.793. The van der Waals surface area contributed by atoms with Crippen LogP contribution in [0.1, 0.15) is 19.8 Å². The Balaban J connectivity index is 2.05. The van der Waals surface area contributed by atoms with E-state index in [-0.39, 0.29) is 12.3 Å². The molecule has 1 atom stereocenters. The van der Waals surface area contributed by atoms with E-state index in [1.54, 1.807) is 13.0 Å².